The molecule has 2 saturated heterocycles. The number of piperazine rings is 1. The van der Waals surface area contributed by atoms with E-state index >= 15 is 0 Å². The van der Waals surface area contributed by atoms with E-state index in [0.717, 1.165) is 12.3 Å². The van der Waals surface area contributed by atoms with Gasteiger partial charge in [-0.3, -0.25) is 14.5 Å². The minimum absolute atomic E-state index is 0.0394. The second-order valence-corrected chi connectivity index (χ2v) is 9.04. The molecule has 186 valence electrons. The third-order valence-corrected chi connectivity index (χ3v) is 6.95. The Bertz CT molecular complexity index is 1090. The molecule has 1 unspecified atom stereocenters. The average Bonchev–Trinajstić information content (AvgIpc) is 3.43. The molecule has 0 radical (unpaired) electrons. The van der Waals surface area contributed by atoms with E-state index in [4.69, 9.17) is 0 Å². The molecule has 0 aromatic carbocycles. The first-order chi connectivity index (χ1) is 15.9. The van der Waals surface area contributed by atoms with Crippen LogP contribution >= 0.6 is 11.3 Å². The van der Waals surface area contributed by atoms with Gasteiger partial charge in [0.1, 0.15) is 10.4 Å². The lowest BCUT2D eigenvalue weighted by Gasteiger charge is -2.36. The number of thiazole rings is 1. The first kappa shape index (κ1) is 24.4. The third-order valence-electron chi connectivity index (χ3n) is 5.85. The lowest BCUT2D eigenvalue weighted by molar-refractivity contribution is -0.139. The number of nitrogens with zero attached hydrogens (tertiary/aromatic N) is 5. The van der Waals surface area contributed by atoms with Gasteiger partial charge in [0.2, 0.25) is 5.91 Å². The van der Waals surface area contributed by atoms with Gasteiger partial charge in [-0.1, -0.05) is 11.3 Å². The number of alkyl halides is 6. The summed E-state index contributed by atoms with van der Waals surface area (Å²) in [6.45, 7) is 1.65. The molecule has 1 amide bonds. The minimum atomic E-state index is -4.82. The number of anilines is 1. The monoisotopic (exact) mass is 510 g/mol. The molecule has 1 N–H and O–H groups in total. The van der Waals surface area contributed by atoms with Gasteiger partial charge in [0.05, 0.1) is 24.5 Å². The number of nitrogens with one attached hydrogen (secondary N) is 1. The van der Waals surface area contributed by atoms with E-state index in [1.54, 1.807) is 14.7 Å². The fourth-order valence-corrected chi connectivity index (χ4v) is 4.95. The van der Waals surface area contributed by atoms with Crippen LogP contribution in [0.25, 0.3) is 0 Å². The Hall–Kier alpha value is -2.68. The number of halogens is 6. The lowest BCUT2D eigenvalue weighted by atomic mass is 10.1. The molecule has 0 spiro atoms. The summed E-state index contributed by atoms with van der Waals surface area (Å²) in [6.07, 6.45) is -7.34. The molecule has 2 fully saturated rings. The second-order valence-electron chi connectivity index (χ2n) is 8.03. The van der Waals surface area contributed by atoms with E-state index in [2.05, 4.69) is 10.1 Å². The number of likely N-dealkylation sites (tertiary alicyclic amines) is 1. The topological polar surface area (TPSA) is 85.4 Å². The SMILES string of the molecule is O=C(CN1CCCC1c1cc(C(F)(F)F)c(=O)[nH]n1)N1CCN(c2ncc(C(F)(F)F)s2)CC1. The highest BCUT2D eigenvalue weighted by Gasteiger charge is 2.38. The highest BCUT2D eigenvalue weighted by Crippen LogP contribution is 2.37. The van der Waals surface area contributed by atoms with Crippen molar-refractivity contribution in [1.82, 2.24) is 25.0 Å². The van der Waals surface area contributed by atoms with Crippen molar-refractivity contribution in [3.63, 3.8) is 0 Å². The minimum Gasteiger partial charge on any atom is -0.345 e. The first-order valence-electron chi connectivity index (χ1n) is 10.4. The highest BCUT2D eigenvalue weighted by atomic mass is 32.1. The van der Waals surface area contributed by atoms with Crippen LogP contribution in [0, 0.1) is 0 Å². The molecule has 4 rings (SSSR count). The van der Waals surface area contributed by atoms with Crippen LogP contribution in [0.2, 0.25) is 0 Å². The zero-order valence-electron chi connectivity index (χ0n) is 17.6. The zero-order chi connectivity index (χ0) is 24.7. The fourth-order valence-electron chi connectivity index (χ4n) is 4.12. The molecule has 1 atom stereocenters. The van der Waals surface area contributed by atoms with E-state index in [0.29, 0.717) is 43.8 Å². The van der Waals surface area contributed by atoms with Crippen molar-refractivity contribution in [2.75, 3.05) is 44.2 Å². The highest BCUT2D eigenvalue weighted by molar-refractivity contribution is 7.15. The standard InChI is InChI=1S/C19H20F6N6O2S/c20-18(21,22)11-8-12(27-28-16(11)33)13-2-1-3-31(13)10-15(32)29-4-6-30(7-5-29)17-26-9-14(34-17)19(23,24)25/h8-9,13H,1-7,10H2,(H,28,33). The largest absolute Gasteiger partial charge is 0.427 e. The van der Waals surface area contributed by atoms with Crippen LogP contribution in [0.4, 0.5) is 31.5 Å². The number of rotatable bonds is 4. The van der Waals surface area contributed by atoms with Crippen molar-refractivity contribution in [1.29, 1.82) is 0 Å². The van der Waals surface area contributed by atoms with Crippen LogP contribution in [-0.2, 0) is 17.1 Å². The Balaban J connectivity index is 1.37. The fraction of sp³-hybridized carbons (Fsp3) is 0.579. The van der Waals surface area contributed by atoms with E-state index in [1.165, 1.54) is 0 Å². The molecule has 4 heterocycles. The Labute approximate surface area is 193 Å². The summed E-state index contributed by atoms with van der Waals surface area (Å²) in [5.41, 5.74) is -2.61. The number of aromatic amines is 1. The van der Waals surface area contributed by atoms with Crippen molar-refractivity contribution >= 4 is 22.4 Å². The molecule has 0 bridgehead atoms. The van der Waals surface area contributed by atoms with E-state index in [1.807, 2.05) is 5.10 Å². The Morgan fingerprint density at radius 3 is 2.41 bits per heavy atom. The summed E-state index contributed by atoms with van der Waals surface area (Å²) in [7, 11) is 0. The summed E-state index contributed by atoms with van der Waals surface area (Å²) < 4.78 is 77.7. The predicted molar refractivity (Wildman–Crippen MR) is 109 cm³/mol. The molecular formula is C19H20F6N6O2S. The number of carbonyl (C=O) groups excluding carboxylic acids is 1. The van der Waals surface area contributed by atoms with E-state index in [-0.39, 0.29) is 36.4 Å². The molecule has 2 aromatic heterocycles. The molecule has 15 heteroatoms. The number of carbonyl (C=O) groups is 1. The van der Waals surface area contributed by atoms with Gasteiger partial charge in [-0.15, -0.1) is 0 Å². The number of amides is 1. The Kier molecular flexibility index (Phi) is 6.59. The van der Waals surface area contributed by atoms with Gasteiger partial charge >= 0.3 is 12.4 Å². The van der Waals surface area contributed by atoms with Gasteiger partial charge in [0, 0.05) is 26.2 Å². The van der Waals surface area contributed by atoms with Crippen molar-refractivity contribution in [3.05, 3.63) is 38.8 Å². The molecule has 2 aliphatic heterocycles. The first-order valence-corrected chi connectivity index (χ1v) is 11.2. The van der Waals surface area contributed by atoms with Gasteiger partial charge in [0.25, 0.3) is 5.56 Å². The maximum absolute atomic E-state index is 13.1. The Morgan fingerprint density at radius 2 is 1.79 bits per heavy atom. The summed E-state index contributed by atoms with van der Waals surface area (Å²) >= 11 is 0.550. The van der Waals surface area contributed by atoms with Gasteiger partial charge in [-0.2, -0.15) is 31.4 Å². The zero-order valence-corrected chi connectivity index (χ0v) is 18.4. The van der Waals surface area contributed by atoms with Gasteiger partial charge < -0.3 is 9.80 Å². The maximum Gasteiger partial charge on any atom is 0.427 e. The van der Waals surface area contributed by atoms with Crippen molar-refractivity contribution < 1.29 is 31.1 Å². The lowest BCUT2D eigenvalue weighted by Crippen LogP contribution is -2.51. The van der Waals surface area contributed by atoms with E-state index < -0.39 is 34.4 Å². The summed E-state index contributed by atoms with van der Waals surface area (Å²) in [5, 5.41) is 5.90. The van der Waals surface area contributed by atoms with Crippen LogP contribution < -0.4 is 10.5 Å². The average molecular weight is 510 g/mol. The molecule has 0 saturated carbocycles. The van der Waals surface area contributed by atoms with Gasteiger partial charge in [-0.25, -0.2) is 10.1 Å². The molecule has 8 nitrogen and oxygen atoms in total. The second kappa shape index (κ2) is 9.17. The number of aromatic nitrogens is 3. The van der Waals surface area contributed by atoms with Crippen LogP contribution in [0.5, 0.6) is 0 Å². The third kappa shape index (κ3) is 5.19. The molecule has 0 aliphatic carbocycles. The van der Waals surface area contributed by atoms with Crippen molar-refractivity contribution in [3.8, 4) is 0 Å². The van der Waals surface area contributed by atoms with E-state index in [9.17, 15) is 35.9 Å². The maximum atomic E-state index is 13.1. The smallest absolute Gasteiger partial charge is 0.345 e. The molecule has 2 aliphatic rings. The molecule has 34 heavy (non-hydrogen) atoms. The van der Waals surface area contributed by atoms with Gasteiger partial charge in [-0.05, 0) is 25.5 Å². The summed E-state index contributed by atoms with van der Waals surface area (Å²) in [6, 6.07) is 0.188. The normalized spacial score (nSPS) is 20.2. The van der Waals surface area contributed by atoms with Crippen LogP contribution in [0.3, 0.4) is 0 Å². The van der Waals surface area contributed by atoms with Crippen molar-refractivity contribution in [2.45, 2.75) is 31.2 Å². The number of H-pyrrole nitrogens is 1. The molecular weight excluding hydrogens is 490 g/mol. The Morgan fingerprint density at radius 1 is 1.09 bits per heavy atom. The predicted octanol–water partition coefficient (Wildman–Crippen LogP) is 2.75. The number of hydrogen-bond acceptors (Lipinski definition) is 7. The summed E-state index contributed by atoms with van der Waals surface area (Å²) in [4.78, 5) is 32.4. The quantitative estimate of drug-likeness (QED) is 0.637. The van der Waals surface area contributed by atoms with Crippen molar-refractivity contribution in [2.24, 2.45) is 0 Å². The van der Waals surface area contributed by atoms with Crippen LogP contribution in [0.15, 0.2) is 17.1 Å². The molecule has 2 aromatic rings. The van der Waals surface area contributed by atoms with Gasteiger partial charge in [0.15, 0.2) is 5.13 Å². The van der Waals surface area contributed by atoms with Crippen LogP contribution in [0.1, 0.15) is 35.0 Å². The van der Waals surface area contributed by atoms with Crippen LogP contribution in [-0.4, -0.2) is 70.2 Å². The summed E-state index contributed by atoms with van der Waals surface area (Å²) in [5.74, 6) is -0.234. The number of hydrogen-bond donors (Lipinski definition) is 1.